The second-order valence-electron chi connectivity index (χ2n) is 3.59. The molecule has 0 bridgehead atoms. The Morgan fingerprint density at radius 2 is 2.18 bits per heavy atom. The lowest BCUT2D eigenvalue weighted by Gasteiger charge is -1.99. The number of hydrogen-bond donors (Lipinski definition) is 1. The second-order valence-corrected chi connectivity index (χ2v) is 5.37. The van der Waals surface area contributed by atoms with Crippen LogP contribution in [0, 0.1) is 0 Å². The molecule has 0 atom stereocenters. The molecule has 0 saturated heterocycles. The van der Waals surface area contributed by atoms with Crippen molar-refractivity contribution in [2.45, 2.75) is 0 Å². The van der Waals surface area contributed by atoms with Crippen LogP contribution in [0.2, 0.25) is 0 Å². The first kappa shape index (κ1) is 10.5. The highest BCUT2D eigenvalue weighted by atomic mass is 32.1. The third-order valence-corrected chi connectivity index (χ3v) is 4.18. The molecule has 1 aliphatic carbocycles. The van der Waals surface area contributed by atoms with Crippen molar-refractivity contribution < 1.29 is 5.11 Å². The van der Waals surface area contributed by atoms with Crippen molar-refractivity contribution >= 4 is 34.7 Å². The maximum atomic E-state index is 10.00. The monoisotopic (exact) mass is 259 g/mol. The lowest BCUT2D eigenvalue weighted by atomic mass is 10.1. The molecular formula is C13H9NOS2. The van der Waals surface area contributed by atoms with Gasteiger partial charge in [0.1, 0.15) is 5.76 Å². The SMILES string of the molecule is O/C(=C\c1ccc2snccc1-2)c1cccs1. The van der Waals surface area contributed by atoms with Gasteiger partial charge in [0.05, 0.1) is 9.75 Å². The van der Waals surface area contributed by atoms with Crippen molar-refractivity contribution in [3.63, 3.8) is 0 Å². The molecule has 1 aliphatic heterocycles. The van der Waals surface area contributed by atoms with Crippen molar-refractivity contribution in [2.75, 3.05) is 0 Å². The summed E-state index contributed by atoms with van der Waals surface area (Å²) in [6, 6.07) is 9.84. The van der Waals surface area contributed by atoms with Crippen LogP contribution in [0.3, 0.4) is 0 Å². The summed E-state index contributed by atoms with van der Waals surface area (Å²) in [6.45, 7) is 0. The molecule has 0 saturated carbocycles. The Bertz CT molecular complexity index is 625. The fourth-order valence-corrected chi connectivity index (χ4v) is 2.99. The molecule has 17 heavy (non-hydrogen) atoms. The van der Waals surface area contributed by atoms with Gasteiger partial charge >= 0.3 is 0 Å². The van der Waals surface area contributed by atoms with Crippen LogP contribution < -0.4 is 0 Å². The predicted molar refractivity (Wildman–Crippen MR) is 73.6 cm³/mol. The van der Waals surface area contributed by atoms with Gasteiger partial charge in [-0.3, -0.25) is 0 Å². The molecule has 2 heterocycles. The lowest BCUT2D eigenvalue weighted by Crippen LogP contribution is -1.79. The Labute approximate surface area is 107 Å². The smallest absolute Gasteiger partial charge is 0.133 e. The first-order chi connectivity index (χ1) is 8.34. The van der Waals surface area contributed by atoms with Crippen molar-refractivity contribution in [2.24, 2.45) is 0 Å². The normalized spacial score (nSPS) is 12.1. The van der Waals surface area contributed by atoms with Gasteiger partial charge in [0.25, 0.3) is 0 Å². The van der Waals surface area contributed by atoms with Crippen molar-refractivity contribution in [1.29, 1.82) is 0 Å². The number of aliphatic hydroxyl groups excluding tert-OH is 1. The van der Waals surface area contributed by atoms with Crippen LogP contribution in [-0.4, -0.2) is 9.48 Å². The molecule has 3 rings (SSSR count). The van der Waals surface area contributed by atoms with Crippen LogP contribution >= 0.6 is 22.9 Å². The van der Waals surface area contributed by atoms with Crippen LogP contribution in [0.15, 0.2) is 41.9 Å². The summed E-state index contributed by atoms with van der Waals surface area (Å²) in [5, 5.41) is 12.0. The second kappa shape index (κ2) is 4.31. The molecule has 4 heteroatoms. The minimum Gasteiger partial charge on any atom is -0.506 e. The Hall–Kier alpha value is -1.65. The highest BCUT2D eigenvalue weighted by Gasteiger charge is 2.09. The Kier molecular flexibility index (Phi) is 2.66. The summed E-state index contributed by atoms with van der Waals surface area (Å²) in [4.78, 5) is 2.02. The van der Waals surface area contributed by atoms with E-state index in [0.29, 0.717) is 5.76 Å². The first-order valence-corrected chi connectivity index (χ1v) is 6.78. The van der Waals surface area contributed by atoms with Crippen LogP contribution in [0.4, 0.5) is 0 Å². The third-order valence-electron chi connectivity index (χ3n) is 2.51. The highest BCUT2D eigenvalue weighted by molar-refractivity contribution is 7.11. The van der Waals surface area contributed by atoms with Gasteiger partial charge in [0.15, 0.2) is 0 Å². The van der Waals surface area contributed by atoms with E-state index >= 15 is 0 Å². The van der Waals surface area contributed by atoms with E-state index in [9.17, 15) is 5.11 Å². The van der Waals surface area contributed by atoms with Gasteiger partial charge in [-0.05, 0) is 46.8 Å². The van der Waals surface area contributed by atoms with E-state index in [1.54, 1.807) is 12.3 Å². The van der Waals surface area contributed by atoms with E-state index < -0.39 is 0 Å². The number of fused-ring (bicyclic) bond motifs is 1. The molecule has 0 spiro atoms. The molecule has 0 radical (unpaired) electrons. The molecular weight excluding hydrogens is 250 g/mol. The molecule has 2 aliphatic rings. The van der Waals surface area contributed by atoms with Crippen molar-refractivity contribution in [3.8, 4) is 10.4 Å². The summed E-state index contributed by atoms with van der Waals surface area (Å²) in [5.74, 6) is 0.314. The molecule has 0 aromatic carbocycles. The van der Waals surface area contributed by atoms with E-state index in [1.165, 1.54) is 22.9 Å². The van der Waals surface area contributed by atoms with Crippen LogP contribution in [0.1, 0.15) is 10.4 Å². The van der Waals surface area contributed by atoms with E-state index in [4.69, 9.17) is 0 Å². The van der Waals surface area contributed by atoms with Gasteiger partial charge in [0.2, 0.25) is 0 Å². The number of rotatable bonds is 2. The zero-order valence-electron chi connectivity index (χ0n) is 8.83. The summed E-state index contributed by atoms with van der Waals surface area (Å²) >= 11 is 2.99. The quantitative estimate of drug-likeness (QED) is 0.693. The molecule has 0 fully saturated rings. The number of aliphatic hydroxyl groups is 1. The molecule has 84 valence electrons. The highest BCUT2D eigenvalue weighted by Crippen LogP contribution is 2.32. The number of thiophene rings is 1. The average Bonchev–Trinajstić information content (AvgIpc) is 2.98. The third kappa shape index (κ3) is 1.97. The van der Waals surface area contributed by atoms with Crippen molar-refractivity contribution in [1.82, 2.24) is 4.37 Å². The minimum absolute atomic E-state index is 0.314. The van der Waals surface area contributed by atoms with Crippen LogP contribution in [-0.2, 0) is 0 Å². The van der Waals surface area contributed by atoms with Gasteiger partial charge in [-0.15, -0.1) is 11.3 Å². The molecule has 0 unspecified atom stereocenters. The van der Waals surface area contributed by atoms with Gasteiger partial charge in [-0.25, -0.2) is 4.37 Å². The summed E-state index contributed by atoms with van der Waals surface area (Å²) in [7, 11) is 0. The van der Waals surface area contributed by atoms with E-state index in [-0.39, 0.29) is 0 Å². The summed E-state index contributed by atoms with van der Waals surface area (Å²) in [6.07, 6.45) is 3.59. The number of aromatic nitrogens is 1. The Balaban J connectivity index is 2.03. The van der Waals surface area contributed by atoms with Gasteiger partial charge in [-0.1, -0.05) is 12.1 Å². The Morgan fingerprint density at radius 3 is 3.00 bits per heavy atom. The standard InChI is InChI=1S/C13H9NOS2/c15-11(13-2-1-7-16-13)8-9-3-4-12-10(9)5-6-14-17-12/h1-8,15H/b11-8-. The molecule has 1 aromatic heterocycles. The van der Waals surface area contributed by atoms with Gasteiger partial charge in [-0.2, -0.15) is 0 Å². The lowest BCUT2D eigenvalue weighted by molar-refractivity contribution is 0.517. The maximum Gasteiger partial charge on any atom is 0.133 e. The molecule has 2 nitrogen and oxygen atoms in total. The maximum absolute atomic E-state index is 10.00. The molecule has 1 aromatic rings. The van der Waals surface area contributed by atoms with Crippen molar-refractivity contribution in [3.05, 3.63) is 52.3 Å². The van der Waals surface area contributed by atoms with E-state index in [2.05, 4.69) is 4.37 Å². The fraction of sp³-hybridized carbons (Fsp3) is 0. The summed E-state index contributed by atoms with van der Waals surface area (Å²) in [5.41, 5.74) is 2.16. The van der Waals surface area contributed by atoms with Crippen LogP contribution in [0.5, 0.6) is 0 Å². The topological polar surface area (TPSA) is 33.1 Å². The largest absolute Gasteiger partial charge is 0.506 e. The molecule has 1 N–H and O–H groups in total. The van der Waals surface area contributed by atoms with Gasteiger partial charge in [0, 0.05) is 11.8 Å². The molecule has 0 amide bonds. The number of hydrogen-bond acceptors (Lipinski definition) is 4. The summed E-state index contributed by atoms with van der Waals surface area (Å²) < 4.78 is 4.12. The van der Waals surface area contributed by atoms with Gasteiger partial charge < -0.3 is 5.11 Å². The van der Waals surface area contributed by atoms with E-state index in [0.717, 1.165) is 20.9 Å². The average molecular weight is 259 g/mol. The Morgan fingerprint density at radius 1 is 1.24 bits per heavy atom. The number of nitrogens with zero attached hydrogens (tertiary/aromatic N) is 1. The predicted octanol–water partition coefficient (Wildman–Crippen LogP) is 4.37. The first-order valence-electron chi connectivity index (χ1n) is 5.12. The van der Waals surface area contributed by atoms with E-state index in [1.807, 2.05) is 35.7 Å². The zero-order chi connectivity index (χ0) is 11.7. The zero-order valence-corrected chi connectivity index (χ0v) is 10.5. The van der Waals surface area contributed by atoms with Crippen LogP contribution in [0.25, 0.3) is 22.3 Å². The fourth-order valence-electron chi connectivity index (χ4n) is 1.71. The minimum atomic E-state index is 0.314.